The normalized spacial score (nSPS) is 10.1. The Morgan fingerprint density at radius 1 is 1.24 bits per heavy atom. The van der Waals surface area contributed by atoms with Gasteiger partial charge in [0.15, 0.2) is 0 Å². The van der Waals surface area contributed by atoms with Crippen molar-refractivity contribution < 1.29 is 19.5 Å². The Hall–Kier alpha value is -2.57. The van der Waals surface area contributed by atoms with Crippen molar-refractivity contribution in [3.8, 4) is 0 Å². The summed E-state index contributed by atoms with van der Waals surface area (Å²) < 4.78 is 0. The van der Waals surface area contributed by atoms with Crippen LogP contribution >= 0.6 is 0 Å². The van der Waals surface area contributed by atoms with E-state index in [0.717, 1.165) is 0 Å². The lowest BCUT2D eigenvalue weighted by atomic mass is 10.1. The molecule has 0 aliphatic carbocycles. The van der Waals surface area contributed by atoms with E-state index in [0.29, 0.717) is 11.3 Å². The minimum Gasteiger partial charge on any atom is -0.478 e. The number of carbonyl (C=O) groups excluding carboxylic acids is 2. The molecule has 0 aliphatic heterocycles. The van der Waals surface area contributed by atoms with E-state index < -0.39 is 12.0 Å². The third-order valence-electron chi connectivity index (χ3n) is 2.57. The largest absolute Gasteiger partial charge is 0.478 e. The molecule has 0 heterocycles. The topological polar surface area (TPSA) is 108 Å². The summed E-state index contributed by atoms with van der Waals surface area (Å²) in [5.41, 5.74) is 1.18. The molecule has 7 nitrogen and oxygen atoms in total. The third-order valence-corrected chi connectivity index (χ3v) is 2.57. The van der Waals surface area contributed by atoms with E-state index in [1.807, 2.05) is 13.8 Å². The molecule has 114 valence electrons. The number of aryl methyl sites for hydroxylation is 1. The maximum Gasteiger partial charge on any atom is 0.335 e. The van der Waals surface area contributed by atoms with Crippen molar-refractivity contribution in [3.05, 3.63) is 29.3 Å². The summed E-state index contributed by atoms with van der Waals surface area (Å²) in [6, 6.07) is 3.94. The highest BCUT2D eigenvalue weighted by Gasteiger charge is 2.09. The Bertz CT molecular complexity index is 555. The second-order valence-corrected chi connectivity index (χ2v) is 4.86. The number of carboxylic acids is 1. The number of anilines is 1. The number of nitrogens with one attached hydrogen (secondary N) is 3. The zero-order chi connectivity index (χ0) is 16.0. The molecule has 0 saturated carbocycles. The Labute approximate surface area is 122 Å². The minimum absolute atomic E-state index is 0.00794. The van der Waals surface area contributed by atoms with Crippen LogP contribution in [-0.2, 0) is 4.79 Å². The van der Waals surface area contributed by atoms with Gasteiger partial charge in [0.2, 0.25) is 5.91 Å². The van der Waals surface area contributed by atoms with Crippen molar-refractivity contribution >= 4 is 23.6 Å². The van der Waals surface area contributed by atoms with Gasteiger partial charge in [-0.2, -0.15) is 0 Å². The fourth-order valence-electron chi connectivity index (χ4n) is 1.69. The first-order chi connectivity index (χ1) is 9.79. The summed E-state index contributed by atoms with van der Waals surface area (Å²) in [5.74, 6) is -1.30. The van der Waals surface area contributed by atoms with Crippen molar-refractivity contribution in [2.24, 2.45) is 0 Å². The van der Waals surface area contributed by atoms with Crippen LogP contribution in [0, 0.1) is 6.92 Å². The summed E-state index contributed by atoms with van der Waals surface area (Å²) in [7, 11) is 0. The van der Waals surface area contributed by atoms with Gasteiger partial charge in [0.1, 0.15) is 0 Å². The van der Waals surface area contributed by atoms with Gasteiger partial charge >= 0.3 is 12.0 Å². The van der Waals surface area contributed by atoms with Crippen LogP contribution in [0.5, 0.6) is 0 Å². The average molecular weight is 293 g/mol. The molecule has 4 N–H and O–H groups in total. The van der Waals surface area contributed by atoms with Gasteiger partial charge in [-0.1, -0.05) is 0 Å². The number of carboxylic acid groups (broad SMARTS) is 1. The number of benzene rings is 1. The molecule has 0 radical (unpaired) electrons. The predicted molar refractivity (Wildman–Crippen MR) is 78.4 cm³/mol. The molecule has 1 aromatic rings. The molecular weight excluding hydrogens is 274 g/mol. The fourth-order valence-corrected chi connectivity index (χ4v) is 1.69. The zero-order valence-corrected chi connectivity index (χ0v) is 12.2. The second kappa shape index (κ2) is 7.28. The van der Waals surface area contributed by atoms with Crippen LogP contribution in [0.3, 0.4) is 0 Å². The summed E-state index contributed by atoms with van der Waals surface area (Å²) >= 11 is 0. The molecule has 7 heteroatoms. The van der Waals surface area contributed by atoms with Crippen LogP contribution in [-0.4, -0.2) is 35.6 Å². The summed E-state index contributed by atoms with van der Waals surface area (Å²) in [5, 5.41) is 16.5. The van der Waals surface area contributed by atoms with Gasteiger partial charge in [0.05, 0.1) is 12.1 Å². The molecular formula is C14H19N3O4. The maximum absolute atomic E-state index is 11.6. The van der Waals surface area contributed by atoms with Crippen molar-refractivity contribution in [2.75, 3.05) is 11.9 Å². The van der Waals surface area contributed by atoms with Gasteiger partial charge in [-0.15, -0.1) is 0 Å². The zero-order valence-electron chi connectivity index (χ0n) is 12.2. The number of hydrogen-bond acceptors (Lipinski definition) is 3. The maximum atomic E-state index is 11.6. The SMILES string of the molecule is Cc1cc(NC(=O)NCC(=O)NC(C)C)ccc1C(=O)O. The van der Waals surface area contributed by atoms with Gasteiger partial charge < -0.3 is 21.1 Å². The molecule has 0 saturated heterocycles. The summed E-state index contributed by atoms with van der Waals surface area (Å²) in [4.78, 5) is 33.9. The smallest absolute Gasteiger partial charge is 0.335 e. The lowest BCUT2D eigenvalue weighted by molar-refractivity contribution is -0.120. The molecule has 0 bridgehead atoms. The number of carbonyl (C=O) groups is 3. The first-order valence-electron chi connectivity index (χ1n) is 6.47. The van der Waals surface area contributed by atoms with E-state index in [-0.39, 0.29) is 24.1 Å². The number of rotatable bonds is 5. The van der Waals surface area contributed by atoms with Gasteiger partial charge in [0, 0.05) is 11.7 Å². The van der Waals surface area contributed by atoms with E-state index in [9.17, 15) is 14.4 Å². The number of amides is 3. The van der Waals surface area contributed by atoms with Crippen LogP contribution < -0.4 is 16.0 Å². The van der Waals surface area contributed by atoms with E-state index in [4.69, 9.17) is 5.11 Å². The number of urea groups is 1. The van der Waals surface area contributed by atoms with E-state index in [1.165, 1.54) is 12.1 Å². The lowest BCUT2D eigenvalue weighted by Crippen LogP contribution is -2.41. The van der Waals surface area contributed by atoms with Crippen LogP contribution in [0.25, 0.3) is 0 Å². The number of hydrogen-bond donors (Lipinski definition) is 4. The summed E-state index contributed by atoms with van der Waals surface area (Å²) in [6.45, 7) is 5.16. The van der Waals surface area contributed by atoms with Crippen molar-refractivity contribution in [2.45, 2.75) is 26.8 Å². The lowest BCUT2D eigenvalue weighted by Gasteiger charge is -2.11. The molecule has 1 rings (SSSR count). The van der Waals surface area contributed by atoms with Crippen LogP contribution in [0.2, 0.25) is 0 Å². The van der Waals surface area contributed by atoms with Crippen molar-refractivity contribution in [1.29, 1.82) is 0 Å². The second-order valence-electron chi connectivity index (χ2n) is 4.86. The van der Waals surface area contributed by atoms with Gasteiger partial charge in [0.25, 0.3) is 0 Å². The molecule has 0 atom stereocenters. The standard InChI is InChI=1S/C14H19N3O4/c1-8(2)16-12(18)7-15-14(21)17-10-4-5-11(13(19)20)9(3)6-10/h4-6,8H,7H2,1-3H3,(H,16,18)(H,19,20)(H2,15,17,21). The minimum atomic E-state index is -1.02. The first-order valence-corrected chi connectivity index (χ1v) is 6.47. The molecule has 0 unspecified atom stereocenters. The number of aromatic carboxylic acids is 1. The Balaban J connectivity index is 2.54. The van der Waals surface area contributed by atoms with Gasteiger partial charge in [-0.05, 0) is 44.5 Å². The van der Waals surface area contributed by atoms with E-state index >= 15 is 0 Å². The Morgan fingerprint density at radius 2 is 1.90 bits per heavy atom. The predicted octanol–water partition coefficient (Wildman–Crippen LogP) is 1.34. The Morgan fingerprint density at radius 3 is 2.43 bits per heavy atom. The monoisotopic (exact) mass is 293 g/mol. The van der Waals surface area contributed by atoms with Gasteiger partial charge in [-0.25, -0.2) is 9.59 Å². The molecule has 0 aromatic heterocycles. The first kappa shape index (κ1) is 16.5. The van der Waals surface area contributed by atoms with Crippen molar-refractivity contribution in [3.63, 3.8) is 0 Å². The van der Waals surface area contributed by atoms with Crippen LogP contribution in [0.4, 0.5) is 10.5 Å². The van der Waals surface area contributed by atoms with E-state index in [2.05, 4.69) is 16.0 Å². The molecule has 0 aliphatic rings. The quantitative estimate of drug-likeness (QED) is 0.657. The van der Waals surface area contributed by atoms with Crippen LogP contribution in [0.1, 0.15) is 29.8 Å². The third kappa shape index (κ3) is 5.52. The highest BCUT2D eigenvalue weighted by atomic mass is 16.4. The van der Waals surface area contributed by atoms with Crippen molar-refractivity contribution in [1.82, 2.24) is 10.6 Å². The molecule has 0 fully saturated rings. The molecule has 1 aromatic carbocycles. The van der Waals surface area contributed by atoms with Crippen LogP contribution in [0.15, 0.2) is 18.2 Å². The average Bonchev–Trinajstić information content (AvgIpc) is 2.35. The molecule has 3 amide bonds. The fraction of sp³-hybridized carbons (Fsp3) is 0.357. The summed E-state index contributed by atoms with van der Waals surface area (Å²) in [6.07, 6.45) is 0. The Kier molecular flexibility index (Phi) is 5.71. The highest BCUT2D eigenvalue weighted by Crippen LogP contribution is 2.15. The molecule has 0 spiro atoms. The van der Waals surface area contributed by atoms with E-state index in [1.54, 1.807) is 13.0 Å². The molecule has 21 heavy (non-hydrogen) atoms. The highest BCUT2D eigenvalue weighted by molar-refractivity contribution is 5.94. The van der Waals surface area contributed by atoms with Gasteiger partial charge in [-0.3, -0.25) is 4.79 Å².